The van der Waals surface area contributed by atoms with E-state index in [0.29, 0.717) is 5.78 Å². The molecule has 0 amide bonds. The van der Waals surface area contributed by atoms with Crippen molar-refractivity contribution >= 4 is 17.1 Å². The van der Waals surface area contributed by atoms with Crippen LogP contribution in [0, 0.1) is 5.92 Å². The second-order valence-electron chi connectivity index (χ2n) is 4.77. The number of Topliss-reactive ketones (excluding diaryl/α,β-unsaturated/α-hetero) is 1. The molecule has 1 aliphatic carbocycles. The molecule has 1 saturated carbocycles. The predicted molar refractivity (Wildman–Crippen MR) is 72.5 cm³/mol. The van der Waals surface area contributed by atoms with Gasteiger partial charge in [0, 0.05) is 31.3 Å². The lowest BCUT2D eigenvalue weighted by atomic mass is 10.0. The summed E-state index contributed by atoms with van der Waals surface area (Å²) in [5.41, 5.74) is 0. The largest absolute Gasteiger partial charge is 0.330 e. The van der Waals surface area contributed by atoms with Gasteiger partial charge in [-0.15, -0.1) is 11.3 Å². The summed E-state index contributed by atoms with van der Waals surface area (Å²) in [5, 5.41) is 2.06. The first kappa shape index (κ1) is 11.7. The number of thiophene rings is 1. The molecule has 1 fully saturated rings. The molecular formula is C14H16N2OS. The zero-order valence-electron chi connectivity index (χ0n) is 10.2. The summed E-state index contributed by atoms with van der Waals surface area (Å²) in [7, 11) is 0. The first-order valence-corrected chi connectivity index (χ1v) is 7.30. The van der Waals surface area contributed by atoms with E-state index in [1.165, 1.54) is 4.88 Å². The summed E-state index contributed by atoms with van der Waals surface area (Å²) in [6, 6.07) is 4.13. The highest BCUT2D eigenvalue weighted by atomic mass is 32.1. The Kier molecular flexibility index (Phi) is 3.28. The Morgan fingerprint density at radius 2 is 2.44 bits per heavy atom. The Hall–Kier alpha value is -1.42. The minimum atomic E-state index is 0.281. The van der Waals surface area contributed by atoms with Crippen molar-refractivity contribution in [3.8, 4) is 10.7 Å². The minimum absolute atomic E-state index is 0.281. The summed E-state index contributed by atoms with van der Waals surface area (Å²) in [4.78, 5) is 17.2. The fourth-order valence-electron chi connectivity index (χ4n) is 2.61. The topological polar surface area (TPSA) is 34.9 Å². The Morgan fingerprint density at radius 1 is 1.50 bits per heavy atom. The van der Waals surface area contributed by atoms with E-state index in [1.54, 1.807) is 11.3 Å². The molecule has 1 atom stereocenters. The van der Waals surface area contributed by atoms with Crippen LogP contribution in [-0.2, 0) is 11.3 Å². The quantitative estimate of drug-likeness (QED) is 0.844. The van der Waals surface area contributed by atoms with Gasteiger partial charge in [-0.05, 0) is 30.7 Å². The van der Waals surface area contributed by atoms with Crippen LogP contribution < -0.4 is 0 Å². The average molecular weight is 260 g/mol. The Balaban J connectivity index is 1.70. The Bertz CT molecular complexity index is 530. The highest BCUT2D eigenvalue weighted by Crippen LogP contribution is 2.27. The number of nitrogens with zero attached hydrogens (tertiary/aromatic N) is 2. The van der Waals surface area contributed by atoms with Crippen molar-refractivity contribution < 1.29 is 4.79 Å². The van der Waals surface area contributed by atoms with Crippen LogP contribution in [0.1, 0.15) is 25.7 Å². The summed E-state index contributed by atoms with van der Waals surface area (Å²) >= 11 is 1.70. The zero-order valence-corrected chi connectivity index (χ0v) is 11.0. The molecule has 1 aliphatic rings. The maximum Gasteiger partial charge on any atom is 0.149 e. The normalized spacial score (nSPS) is 19.6. The van der Waals surface area contributed by atoms with Gasteiger partial charge in [0.25, 0.3) is 0 Å². The minimum Gasteiger partial charge on any atom is -0.330 e. The number of rotatable bonds is 4. The van der Waals surface area contributed by atoms with Crippen molar-refractivity contribution in [1.82, 2.24) is 9.55 Å². The third-order valence-corrected chi connectivity index (χ3v) is 4.47. The lowest BCUT2D eigenvalue weighted by molar-refractivity contribution is -0.120. The molecule has 0 spiro atoms. The molecule has 0 aromatic carbocycles. The van der Waals surface area contributed by atoms with Gasteiger partial charge in [-0.1, -0.05) is 6.07 Å². The molecule has 2 heterocycles. The van der Waals surface area contributed by atoms with E-state index in [-0.39, 0.29) is 5.92 Å². The van der Waals surface area contributed by atoms with E-state index >= 15 is 0 Å². The van der Waals surface area contributed by atoms with Crippen LogP contribution in [-0.4, -0.2) is 15.3 Å². The summed E-state index contributed by atoms with van der Waals surface area (Å²) in [6.45, 7) is 0.893. The van der Waals surface area contributed by atoms with Crippen LogP contribution in [0.15, 0.2) is 29.9 Å². The van der Waals surface area contributed by atoms with Crippen molar-refractivity contribution in [1.29, 1.82) is 0 Å². The fourth-order valence-corrected chi connectivity index (χ4v) is 3.34. The van der Waals surface area contributed by atoms with Gasteiger partial charge in [-0.3, -0.25) is 4.79 Å². The van der Waals surface area contributed by atoms with E-state index in [9.17, 15) is 4.79 Å². The van der Waals surface area contributed by atoms with Gasteiger partial charge in [0.2, 0.25) is 0 Å². The Labute approximate surface area is 110 Å². The van der Waals surface area contributed by atoms with Crippen molar-refractivity contribution in [2.24, 2.45) is 5.92 Å². The van der Waals surface area contributed by atoms with Gasteiger partial charge in [-0.25, -0.2) is 4.98 Å². The zero-order chi connectivity index (χ0) is 12.4. The van der Waals surface area contributed by atoms with E-state index in [0.717, 1.165) is 38.1 Å². The number of hydrogen-bond donors (Lipinski definition) is 0. The van der Waals surface area contributed by atoms with Gasteiger partial charge >= 0.3 is 0 Å². The first-order chi connectivity index (χ1) is 8.84. The summed E-state index contributed by atoms with van der Waals surface area (Å²) in [5.74, 6) is 1.76. The number of carbonyl (C=O) groups is 1. The smallest absolute Gasteiger partial charge is 0.149 e. The maximum atomic E-state index is 11.6. The molecule has 2 aromatic heterocycles. The number of aryl methyl sites for hydroxylation is 1. The number of aromatic nitrogens is 2. The predicted octanol–water partition coefficient (Wildman–Crippen LogP) is 3.37. The number of carbonyl (C=O) groups excluding carboxylic acids is 1. The van der Waals surface area contributed by atoms with Crippen molar-refractivity contribution in [3.05, 3.63) is 29.9 Å². The number of hydrogen-bond acceptors (Lipinski definition) is 3. The first-order valence-electron chi connectivity index (χ1n) is 6.42. The molecule has 0 radical (unpaired) electrons. The molecule has 3 nitrogen and oxygen atoms in total. The standard InChI is InChI=1S/C14H16N2OS/c17-12-4-1-3-11(12)6-8-16-9-7-15-14(16)13-5-2-10-18-13/h2,5,7,9-11H,1,3-4,6,8H2. The fraction of sp³-hybridized carbons (Fsp3) is 0.429. The molecule has 0 bridgehead atoms. The van der Waals surface area contributed by atoms with Gasteiger partial charge in [0.15, 0.2) is 0 Å². The monoisotopic (exact) mass is 260 g/mol. The maximum absolute atomic E-state index is 11.6. The molecule has 1 unspecified atom stereocenters. The number of ketones is 1. The molecule has 2 aromatic rings. The summed E-state index contributed by atoms with van der Waals surface area (Å²) < 4.78 is 2.16. The lowest BCUT2D eigenvalue weighted by Gasteiger charge is -2.10. The van der Waals surface area contributed by atoms with Crippen LogP contribution in [0.25, 0.3) is 10.7 Å². The van der Waals surface area contributed by atoms with Crippen LogP contribution in [0.3, 0.4) is 0 Å². The van der Waals surface area contributed by atoms with E-state index in [2.05, 4.69) is 21.0 Å². The van der Waals surface area contributed by atoms with E-state index in [4.69, 9.17) is 0 Å². The van der Waals surface area contributed by atoms with Crippen molar-refractivity contribution in [2.75, 3.05) is 0 Å². The van der Waals surface area contributed by atoms with E-state index in [1.807, 2.05) is 18.5 Å². The molecule has 3 rings (SSSR count). The molecule has 18 heavy (non-hydrogen) atoms. The van der Waals surface area contributed by atoms with Gasteiger partial charge < -0.3 is 4.57 Å². The average Bonchev–Trinajstić information content (AvgIpc) is 3.07. The van der Waals surface area contributed by atoms with Crippen LogP contribution in [0.2, 0.25) is 0 Å². The molecule has 4 heteroatoms. The highest BCUT2D eigenvalue weighted by Gasteiger charge is 2.24. The number of imidazole rings is 1. The third kappa shape index (κ3) is 2.25. The molecule has 0 saturated heterocycles. The van der Waals surface area contributed by atoms with Gasteiger partial charge in [0.05, 0.1) is 4.88 Å². The molecular weight excluding hydrogens is 244 g/mol. The Morgan fingerprint density at radius 3 is 3.17 bits per heavy atom. The van der Waals surface area contributed by atoms with E-state index < -0.39 is 0 Å². The van der Waals surface area contributed by atoms with Crippen molar-refractivity contribution in [2.45, 2.75) is 32.2 Å². The summed E-state index contributed by atoms with van der Waals surface area (Å²) in [6.07, 6.45) is 7.73. The van der Waals surface area contributed by atoms with Gasteiger partial charge in [-0.2, -0.15) is 0 Å². The SMILES string of the molecule is O=C1CCCC1CCn1ccnc1-c1cccs1. The third-order valence-electron chi connectivity index (χ3n) is 3.61. The highest BCUT2D eigenvalue weighted by molar-refractivity contribution is 7.13. The molecule has 0 N–H and O–H groups in total. The second kappa shape index (κ2) is 5.06. The molecule has 94 valence electrons. The van der Waals surface area contributed by atoms with Crippen LogP contribution in [0.5, 0.6) is 0 Å². The van der Waals surface area contributed by atoms with Crippen molar-refractivity contribution in [3.63, 3.8) is 0 Å². The second-order valence-corrected chi connectivity index (χ2v) is 5.71. The van der Waals surface area contributed by atoms with Crippen LogP contribution in [0.4, 0.5) is 0 Å². The van der Waals surface area contributed by atoms with Gasteiger partial charge in [0.1, 0.15) is 11.6 Å². The van der Waals surface area contributed by atoms with Crippen LogP contribution >= 0.6 is 11.3 Å². The molecule has 0 aliphatic heterocycles. The lowest BCUT2D eigenvalue weighted by Crippen LogP contribution is -2.10.